The Hall–Kier alpha value is -1.99. The van der Waals surface area contributed by atoms with Crippen LogP contribution in [0.4, 0.5) is 5.82 Å². The average Bonchev–Trinajstić information content (AvgIpc) is 3.06. The highest BCUT2D eigenvalue weighted by Gasteiger charge is 2.19. The molecule has 1 unspecified atom stereocenters. The summed E-state index contributed by atoms with van der Waals surface area (Å²) in [6.07, 6.45) is 1.82. The van der Waals surface area contributed by atoms with Crippen molar-refractivity contribution in [2.75, 3.05) is 26.0 Å². The van der Waals surface area contributed by atoms with Gasteiger partial charge < -0.3 is 10.2 Å². The van der Waals surface area contributed by atoms with Crippen molar-refractivity contribution in [3.8, 4) is 0 Å². The van der Waals surface area contributed by atoms with Gasteiger partial charge in [0.15, 0.2) is 5.65 Å². The molecule has 3 aromatic rings. The molecule has 0 fully saturated rings. The molecule has 0 radical (unpaired) electrons. The molecule has 0 aliphatic carbocycles. The smallest absolute Gasteiger partial charge is 0.163 e. The number of thiophene rings is 1. The zero-order valence-electron chi connectivity index (χ0n) is 14.2. The van der Waals surface area contributed by atoms with Crippen molar-refractivity contribution in [3.05, 3.63) is 33.9 Å². The van der Waals surface area contributed by atoms with Gasteiger partial charge in [0, 0.05) is 18.5 Å². The fraction of sp³-hybridized carbons (Fsp3) is 0.438. The van der Waals surface area contributed by atoms with E-state index in [0.717, 1.165) is 29.2 Å². The van der Waals surface area contributed by atoms with Crippen LogP contribution in [0.5, 0.6) is 0 Å². The van der Waals surface area contributed by atoms with E-state index in [0.29, 0.717) is 6.04 Å². The fourth-order valence-corrected chi connectivity index (χ4v) is 3.82. The van der Waals surface area contributed by atoms with Crippen molar-refractivity contribution >= 4 is 28.2 Å². The minimum Gasteiger partial charge on any atom is -0.367 e. The van der Waals surface area contributed by atoms with E-state index in [9.17, 15) is 0 Å². The zero-order valence-corrected chi connectivity index (χ0v) is 15.0. The molecule has 23 heavy (non-hydrogen) atoms. The van der Waals surface area contributed by atoms with Crippen LogP contribution in [0.1, 0.15) is 22.3 Å². The number of nitrogens with one attached hydrogen (secondary N) is 1. The number of aryl methyl sites for hydroxylation is 3. The Balaban J connectivity index is 1.88. The van der Waals surface area contributed by atoms with Crippen LogP contribution in [0.25, 0.3) is 11.0 Å². The van der Waals surface area contributed by atoms with Crippen molar-refractivity contribution in [1.29, 1.82) is 0 Å². The molecule has 0 aliphatic heterocycles. The van der Waals surface area contributed by atoms with Crippen molar-refractivity contribution in [2.45, 2.75) is 19.9 Å². The van der Waals surface area contributed by atoms with Gasteiger partial charge in [-0.1, -0.05) is 0 Å². The topological polar surface area (TPSA) is 58.9 Å². The van der Waals surface area contributed by atoms with Crippen LogP contribution in [0.15, 0.2) is 17.6 Å². The lowest BCUT2D eigenvalue weighted by Gasteiger charge is -2.25. The standard InChI is InChI=1S/C16H22N6S/c1-10-6-7-23-14(10)13(21(3)4)9-17-15-12-8-18-22(5)16(12)20-11(2)19-15/h6-8,13H,9H2,1-5H3,(H,17,19,20). The van der Waals surface area contributed by atoms with Crippen LogP contribution in [0.3, 0.4) is 0 Å². The Morgan fingerprint density at radius 1 is 1.30 bits per heavy atom. The third-order valence-corrected chi connectivity index (χ3v) is 5.11. The van der Waals surface area contributed by atoms with E-state index in [4.69, 9.17) is 0 Å². The predicted octanol–water partition coefficient (Wildman–Crippen LogP) is 2.76. The Kier molecular flexibility index (Phi) is 4.32. The van der Waals surface area contributed by atoms with Gasteiger partial charge in [-0.05, 0) is 45.0 Å². The summed E-state index contributed by atoms with van der Waals surface area (Å²) in [6.45, 7) is 4.86. The summed E-state index contributed by atoms with van der Waals surface area (Å²) in [5, 5.41) is 10.9. The molecule has 0 saturated heterocycles. The first-order valence-corrected chi connectivity index (χ1v) is 8.46. The average molecular weight is 330 g/mol. The van der Waals surface area contributed by atoms with Gasteiger partial charge in [-0.3, -0.25) is 4.68 Å². The molecule has 7 heteroatoms. The molecule has 3 heterocycles. The summed E-state index contributed by atoms with van der Waals surface area (Å²) in [6, 6.07) is 2.47. The van der Waals surface area contributed by atoms with Crippen LogP contribution in [-0.2, 0) is 7.05 Å². The number of hydrogen-bond acceptors (Lipinski definition) is 6. The molecule has 122 valence electrons. The van der Waals surface area contributed by atoms with E-state index >= 15 is 0 Å². The molecule has 0 spiro atoms. The van der Waals surface area contributed by atoms with Gasteiger partial charge in [0.2, 0.25) is 0 Å². The van der Waals surface area contributed by atoms with Gasteiger partial charge in [-0.25, -0.2) is 9.97 Å². The normalized spacial score (nSPS) is 13.0. The lowest BCUT2D eigenvalue weighted by Crippen LogP contribution is -2.27. The number of fused-ring (bicyclic) bond motifs is 1. The summed E-state index contributed by atoms with van der Waals surface area (Å²) < 4.78 is 1.78. The molecular weight excluding hydrogens is 308 g/mol. The second kappa shape index (κ2) is 6.25. The van der Waals surface area contributed by atoms with Crippen LogP contribution in [-0.4, -0.2) is 45.3 Å². The maximum atomic E-state index is 4.56. The highest BCUT2D eigenvalue weighted by molar-refractivity contribution is 7.10. The van der Waals surface area contributed by atoms with Gasteiger partial charge >= 0.3 is 0 Å². The quantitative estimate of drug-likeness (QED) is 0.779. The van der Waals surface area contributed by atoms with Crippen molar-refractivity contribution in [1.82, 2.24) is 24.6 Å². The molecule has 0 amide bonds. The van der Waals surface area contributed by atoms with Gasteiger partial charge in [0.1, 0.15) is 11.6 Å². The molecule has 6 nitrogen and oxygen atoms in total. The van der Waals surface area contributed by atoms with Crippen molar-refractivity contribution in [2.24, 2.45) is 7.05 Å². The summed E-state index contributed by atoms with van der Waals surface area (Å²) in [7, 11) is 6.11. The molecule has 0 bridgehead atoms. The molecule has 0 aliphatic rings. The van der Waals surface area contributed by atoms with E-state index < -0.39 is 0 Å². The molecule has 1 N–H and O–H groups in total. The van der Waals surface area contributed by atoms with Crippen molar-refractivity contribution in [3.63, 3.8) is 0 Å². The van der Waals surface area contributed by atoms with Gasteiger partial charge in [-0.15, -0.1) is 11.3 Å². The Labute approximate surface area is 140 Å². The number of hydrogen-bond donors (Lipinski definition) is 1. The Morgan fingerprint density at radius 3 is 2.74 bits per heavy atom. The van der Waals surface area contributed by atoms with Crippen LogP contribution >= 0.6 is 11.3 Å². The lowest BCUT2D eigenvalue weighted by atomic mass is 10.1. The molecule has 0 saturated carbocycles. The van der Waals surface area contributed by atoms with E-state index in [1.165, 1.54) is 10.4 Å². The first-order valence-electron chi connectivity index (χ1n) is 7.58. The van der Waals surface area contributed by atoms with Crippen LogP contribution in [0.2, 0.25) is 0 Å². The second-order valence-electron chi connectivity index (χ2n) is 5.95. The first kappa shape index (κ1) is 15.9. The minimum atomic E-state index is 0.303. The van der Waals surface area contributed by atoms with Gasteiger partial charge in [-0.2, -0.15) is 5.10 Å². The van der Waals surface area contributed by atoms with Crippen LogP contribution < -0.4 is 5.32 Å². The predicted molar refractivity (Wildman–Crippen MR) is 95.0 cm³/mol. The largest absolute Gasteiger partial charge is 0.367 e. The SMILES string of the molecule is Cc1nc(NCC(c2sccc2C)N(C)C)c2cnn(C)c2n1. The zero-order chi connectivity index (χ0) is 16.6. The van der Waals surface area contributed by atoms with Gasteiger partial charge in [0.25, 0.3) is 0 Å². The molecule has 0 aromatic carbocycles. The minimum absolute atomic E-state index is 0.303. The summed E-state index contributed by atoms with van der Waals surface area (Å²) in [5.74, 6) is 1.60. The summed E-state index contributed by atoms with van der Waals surface area (Å²) >= 11 is 1.80. The molecule has 1 atom stereocenters. The number of likely N-dealkylation sites (N-methyl/N-ethyl adjacent to an activating group) is 1. The van der Waals surface area contributed by atoms with E-state index in [2.05, 4.69) is 57.7 Å². The monoisotopic (exact) mass is 330 g/mol. The third kappa shape index (κ3) is 3.07. The number of rotatable bonds is 5. The highest BCUT2D eigenvalue weighted by atomic mass is 32.1. The molecule has 3 rings (SSSR count). The molecular formula is C16H22N6S. The number of aromatic nitrogens is 4. The highest BCUT2D eigenvalue weighted by Crippen LogP contribution is 2.28. The lowest BCUT2D eigenvalue weighted by molar-refractivity contribution is 0.315. The summed E-state index contributed by atoms with van der Waals surface area (Å²) in [5.41, 5.74) is 2.19. The van der Waals surface area contributed by atoms with E-state index in [1.54, 1.807) is 16.0 Å². The van der Waals surface area contributed by atoms with Gasteiger partial charge in [0.05, 0.1) is 17.6 Å². The number of nitrogens with zero attached hydrogens (tertiary/aromatic N) is 5. The summed E-state index contributed by atoms with van der Waals surface area (Å²) in [4.78, 5) is 12.6. The maximum absolute atomic E-state index is 4.56. The second-order valence-corrected chi connectivity index (χ2v) is 6.90. The van der Waals surface area contributed by atoms with Crippen LogP contribution in [0, 0.1) is 13.8 Å². The third-order valence-electron chi connectivity index (χ3n) is 3.99. The van der Waals surface area contributed by atoms with E-state index in [1.807, 2.05) is 20.2 Å². The number of anilines is 1. The fourth-order valence-electron chi connectivity index (χ4n) is 2.69. The van der Waals surface area contributed by atoms with E-state index in [-0.39, 0.29) is 0 Å². The Morgan fingerprint density at radius 2 is 2.09 bits per heavy atom. The van der Waals surface area contributed by atoms with Crippen molar-refractivity contribution < 1.29 is 0 Å². The maximum Gasteiger partial charge on any atom is 0.163 e. The Bertz CT molecular complexity index is 819. The first-order chi connectivity index (χ1) is 11.0. The molecule has 3 aromatic heterocycles.